The number of nitrogens with zero attached hydrogens (tertiary/aromatic N) is 2. The van der Waals surface area contributed by atoms with Crippen molar-refractivity contribution in [3.8, 4) is 0 Å². The number of amides is 3. The van der Waals surface area contributed by atoms with Gasteiger partial charge in [0.05, 0.1) is 24.5 Å². The molecule has 3 heterocycles. The topological polar surface area (TPSA) is 125 Å². The van der Waals surface area contributed by atoms with Crippen LogP contribution < -0.4 is 5.32 Å². The van der Waals surface area contributed by atoms with Crippen molar-refractivity contribution >= 4 is 39.6 Å². The molecule has 1 spiro atoms. The maximum atomic E-state index is 14.3. The van der Waals surface area contributed by atoms with Gasteiger partial charge in [-0.1, -0.05) is 71.8 Å². The lowest BCUT2D eigenvalue weighted by Crippen LogP contribution is -2.57. The minimum atomic E-state index is -1.21. The van der Waals surface area contributed by atoms with Gasteiger partial charge < -0.3 is 29.7 Å². The molecular weight excluding hydrogens is 642 g/mol. The second-order valence-electron chi connectivity index (χ2n) is 12.0. The van der Waals surface area contributed by atoms with Crippen LogP contribution >= 0.6 is 15.9 Å². The van der Waals surface area contributed by atoms with Crippen molar-refractivity contribution < 1.29 is 33.8 Å². The fourth-order valence-electron chi connectivity index (χ4n) is 6.92. The van der Waals surface area contributed by atoms with Gasteiger partial charge in [-0.2, -0.15) is 0 Å². The molecule has 2 bridgehead atoms. The SMILES string of the molecule is C=CCCC(=O)NC[C@@H](OC(=O)[C@@H]1[C@H]2O[C@@]3(CC2Br)[C@H](C(=O)N(CC=C)CCCC)N(CCCCO)C(=O)[C@@H]13)c1ccccc1. The van der Waals surface area contributed by atoms with E-state index in [9.17, 15) is 24.3 Å². The number of hydrogen-bond acceptors (Lipinski definition) is 7. The zero-order chi connectivity index (χ0) is 32.6. The molecule has 3 amide bonds. The summed E-state index contributed by atoms with van der Waals surface area (Å²) in [5.74, 6) is -3.16. The van der Waals surface area contributed by atoms with Crippen LogP contribution in [0.3, 0.4) is 0 Å². The maximum absolute atomic E-state index is 14.3. The highest BCUT2D eigenvalue weighted by atomic mass is 79.9. The van der Waals surface area contributed by atoms with Gasteiger partial charge in [-0.3, -0.25) is 19.2 Å². The number of carbonyl (C=O) groups excluding carboxylic acids is 4. The molecule has 1 unspecified atom stereocenters. The predicted molar refractivity (Wildman–Crippen MR) is 173 cm³/mol. The lowest BCUT2D eigenvalue weighted by molar-refractivity contribution is -0.160. The smallest absolute Gasteiger partial charge is 0.313 e. The van der Waals surface area contributed by atoms with Crippen LogP contribution in [0, 0.1) is 11.8 Å². The Balaban J connectivity index is 1.64. The van der Waals surface area contributed by atoms with Crippen LogP contribution in [0.1, 0.15) is 63.5 Å². The highest BCUT2D eigenvalue weighted by Gasteiger charge is 2.77. The number of fused-ring (bicyclic) bond motifs is 1. The molecule has 45 heavy (non-hydrogen) atoms. The minimum Gasteiger partial charge on any atom is -0.455 e. The van der Waals surface area contributed by atoms with Gasteiger partial charge in [0, 0.05) is 37.5 Å². The van der Waals surface area contributed by atoms with E-state index in [2.05, 4.69) is 34.4 Å². The molecule has 0 aliphatic carbocycles. The summed E-state index contributed by atoms with van der Waals surface area (Å²) >= 11 is 3.71. The Kier molecular flexibility index (Phi) is 12.4. The molecule has 0 saturated carbocycles. The molecule has 3 saturated heterocycles. The first kappa shape index (κ1) is 34.8. The van der Waals surface area contributed by atoms with Crippen LogP contribution in [0.2, 0.25) is 0 Å². The van der Waals surface area contributed by atoms with Gasteiger partial charge in [0.1, 0.15) is 17.7 Å². The number of ether oxygens (including phenoxy) is 2. The van der Waals surface area contributed by atoms with Crippen LogP contribution in [0.25, 0.3) is 0 Å². The van der Waals surface area contributed by atoms with Crippen LogP contribution in [0.15, 0.2) is 55.6 Å². The van der Waals surface area contributed by atoms with Crippen molar-refractivity contribution in [2.75, 3.05) is 32.8 Å². The number of aliphatic hydroxyl groups excluding tert-OH is 1. The van der Waals surface area contributed by atoms with Crippen molar-refractivity contribution in [2.24, 2.45) is 11.8 Å². The molecule has 10 nitrogen and oxygen atoms in total. The molecule has 4 rings (SSSR count). The van der Waals surface area contributed by atoms with Gasteiger partial charge in [-0.05, 0) is 37.7 Å². The Hall–Kier alpha value is -3.02. The van der Waals surface area contributed by atoms with E-state index in [1.165, 1.54) is 0 Å². The van der Waals surface area contributed by atoms with Crippen LogP contribution in [-0.2, 0) is 28.7 Å². The summed E-state index contributed by atoms with van der Waals surface area (Å²) < 4.78 is 12.7. The van der Waals surface area contributed by atoms with Crippen LogP contribution in [0.4, 0.5) is 0 Å². The van der Waals surface area contributed by atoms with Crippen molar-refractivity contribution in [2.45, 2.75) is 80.5 Å². The fraction of sp³-hybridized carbons (Fsp3) is 0.588. The zero-order valence-electron chi connectivity index (χ0n) is 26.1. The second kappa shape index (κ2) is 16.0. The normalized spacial score (nSPS) is 27.1. The average molecular weight is 689 g/mol. The minimum absolute atomic E-state index is 0.0314. The number of esters is 1. The first-order valence-corrected chi connectivity index (χ1v) is 16.9. The number of allylic oxidation sites excluding steroid dienone is 1. The molecule has 0 radical (unpaired) electrons. The Morgan fingerprint density at radius 3 is 2.64 bits per heavy atom. The van der Waals surface area contributed by atoms with E-state index in [4.69, 9.17) is 9.47 Å². The number of alkyl halides is 1. The summed E-state index contributed by atoms with van der Waals surface area (Å²) in [4.78, 5) is 58.1. The van der Waals surface area contributed by atoms with E-state index in [-0.39, 0.29) is 48.7 Å². The first-order chi connectivity index (χ1) is 21.7. The average Bonchev–Trinajstić information content (AvgIpc) is 3.63. The third-order valence-electron chi connectivity index (χ3n) is 9.04. The Morgan fingerprint density at radius 1 is 1.22 bits per heavy atom. The lowest BCUT2D eigenvalue weighted by Gasteiger charge is -2.37. The van der Waals surface area contributed by atoms with E-state index in [0.717, 1.165) is 12.8 Å². The second-order valence-corrected chi connectivity index (χ2v) is 13.2. The third-order valence-corrected chi connectivity index (χ3v) is 9.88. The molecule has 3 fully saturated rings. The number of aliphatic hydroxyl groups is 1. The van der Waals surface area contributed by atoms with Gasteiger partial charge in [-0.15, -0.1) is 13.2 Å². The number of unbranched alkanes of at least 4 members (excludes halogenated alkanes) is 2. The number of rotatable bonds is 18. The summed E-state index contributed by atoms with van der Waals surface area (Å²) in [5.41, 5.74) is -0.501. The van der Waals surface area contributed by atoms with E-state index >= 15 is 0 Å². The lowest BCUT2D eigenvalue weighted by atomic mass is 9.70. The predicted octanol–water partition coefficient (Wildman–Crippen LogP) is 3.69. The van der Waals surface area contributed by atoms with Gasteiger partial charge >= 0.3 is 5.97 Å². The Labute approximate surface area is 274 Å². The molecule has 7 atom stereocenters. The summed E-state index contributed by atoms with van der Waals surface area (Å²) in [5, 5.41) is 12.3. The Bertz CT molecular complexity index is 1230. The molecule has 1 aromatic carbocycles. The summed E-state index contributed by atoms with van der Waals surface area (Å²) in [7, 11) is 0. The number of benzene rings is 1. The number of carbonyl (C=O) groups is 4. The van der Waals surface area contributed by atoms with Crippen molar-refractivity contribution in [3.63, 3.8) is 0 Å². The Morgan fingerprint density at radius 2 is 1.98 bits per heavy atom. The van der Waals surface area contributed by atoms with Crippen molar-refractivity contribution in [3.05, 3.63) is 61.2 Å². The van der Waals surface area contributed by atoms with Crippen LogP contribution in [-0.4, -0.2) is 94.0 Å². The zero-order valence-corrected chi connectivity index (χ0v) is 27.7. The quantitative estimate of drug-likeness (QED) is 0.104. The first-order valence-electron chi connectivity index (χ1n) is 16.0. The molecule has 11 heteroatoms. The largest absolute Gasteiger partial charge is 0.455 e. The van der Waals surface area contributed by atoms with E-state index < -0.39 is 41.7 Å². The molecule has 1 aromatic rings. The fourth-order valence-corrected chi connectivity index (χ4v) is 7.87. The molecular formula is C34H46BrN3O7. The number of halogens is 1. The highest BCUT2D eigenvalue weighted by Crippen LogP contribution is 2.60. The van der Waals surface area contributed by atoms with Crippen molar-refractivity contribution in [1.29, 1.82) is 0 Å². The number of hydrogen-bond donors (Lipinski definition) is 2. The number of nitrogens with one attached hydrogen (secondary N) is 1. The van der Waals surface area contributed by atoms with Gasteiger partial charge in [0.2, 0.25) is 17.7 Å². The number of likely N-dealkylation sites (tertiary alicyclic amines) is 1. The van der Waals surface area contributed by atoms with Gasteiger partial charge in [0.25, 0.3) is 0 Å². The monoisotopic (exact) mass is 687 g/mol. The summed E-state index contributed by atoms with van der Waals surface area (Å²) in [6.07, 6.45) is 5.74. The summed E-state index contributed by atoms with van der Waals surface area (Å²) in [6.45, 7) is 10.7. The van der Waals surface area contributed by atoms with E-state index in [1.54, 1.807) is 22.0 Å². The van der Waals surface area contributed by atoms with E-state index in [1.807, 2.05) is 37.3 Å². The maximum Gasteiger partial charge on any atom is 0.313 e. The van der Waals surface area contributed by atoms with E-state index in [0.29, 0.717) is 44.3 Å². The summed E-state index contributed by atoms with van der Waals surface area (Å²) in [6, 6.07) is 8.24. The van der Waals surface area contributed by atoms with Crippen LogP contribution in [0.5, 0.6) is 0 Å². The van der Waals surface area contributed by atoms with Gasteiger partial charge in [-0.25, -0.2) is 0 Å². The molecule has 246 valence electrons. The molecule has 3 aliphatic rings. The third kappa shape index (κ3) is 7.36. The molecule has 0 aromatic heterocycles. The molecule has 2 N–H and O–H groups in total. The van der Waals surface area contributed by atoms with Gasteiger partial charge in [0.15, 0.2) is 0 Å². The molecule has 3 aliphatic heterocycles. The highest BCUT2D eigenvalue weighted by molar-refractivity contribution is 9.09. The standard InChI is InChI=1S/C34H46BrN3O7/c1-4-7-16-26(40)36-22-25(23-14-10-9-11-15-23)44-33(43)27-28-31(41)38(19-12-13-20-39)30(34(28)21-24(35)29(27)45-34)32(42)37(17-6-3)18-8-5-2/h4,6,9-11,14-15,24-25,27-30,39H,1,3,5,7-8,12-13,16-22H2,2H3,(H,36,40)/t24?,25-,27+,28-,29+,30+,34-/m1/s1. The van der Waals surface area contributed by atoms with Crippen molar-refractivity contribution in [1.82, 2.24) is 15.1 Å².